The van der Waals surface area contributed by atoms with Crippen molar-refractivity contribution in [3.8, 4) is 5.75 Å². The van der Waals surface area contributed by atoms with Crippen LogP contribution in [-0.4, -0.2) is 44.4 Å². The minimum absolute atomic E-state index is 0.234. The molecule has 1 unspecified atom stereocenters. The van der Waals surface area contributed by atoms with E-state index in [1.165, 1.54) is 10.4 Å². The Bertz CT molecular complexity index is 820. The molecule has 2 aliphatic rings. The standard InChI is InChI=1S/C20H27N3O3S/c1-14-6-11-27-17(14)4-3-5-18(25)23-9-7-20(8-10-23)12-15(24)19-16(26-20)13-22(2)21-19/h6,11,13,15,24H,3-5,7-10,12H2,1-2H3. The van der Waals surface area contributed by atoms with Gasteiger partial charge in [-0.15, -0.1) is 11.3 Å². The van der Waals surface area contributed by atoms with Crippen molar-refractivity contribution in [1.82, 2.24) is 14.7 Å². The van der Waals surface area contributed by atoms with Crippen molar-refractivity contribution in [2.45, 2.75) is 57.2 Å². The number of nitrogens with zero attached hydrogens (tertiary/aromatic N) is 3. The van der Waals surface area contributed by atoms with E-state index in [2.05, 4.69) is 23.5 Å². The summed E-state index contributed by atoms with van der Waals surface area (Å²) in [6, 6.07) is 2.14. The number of piperidine rings is 1. The van der Waals surface area contributed by atoms with Crippen LogP contribution in [0.3, 0.4) is 0 Å². The van der Waals surface area contributed by atoms with Crippen LogP contribution in [0.15, 0.2) is 17.6 Å². The summed E-state index contributed by atoms with van der Waals surface area (Å²) in [7, 11) is 1.83. The second-order valence-corrected chi connectivity index (χ2v) is 8.82. The first-order valence-corrected chi connectivity index (χ1v) is 10.6. The van der Waals surface area contributed by atoms with Crippen LogP contribution >= 0.6 is 11.3 Å². The van der Waals surface area contributed by atoms with Gasteiger partial charge in [0, 0.05) is 50.7 Å². The van der Waals surface area contributed by atoms with Gasteiger partial charge in [0.05, 0.1) is 6.20 Å². The average molecular weight is 390 g/mol. The quantitative estimate of drug-likeness (QED) is 0.873. The summed E-state index contributed by atoms with van der Waals surface area (Å²) in [4.78, 5) is 15.9. The Morgan fingerprint density at radius 1 is 1.44 bits per heavy atom. The first-order chi connectivity index (χ1) is 13.0. The molecule has 27 heavy (non-hydrogen) atoms. The molecule has 146 valence electrons. The van der Waals surface area contributed by atoms with E-state index in [0.717, 1.165) is 25.7 Å². The van der Waals surface area contributed by atoms with Crippen molar-refractivity contribution in [2.75, 3.05) is 13.1 Å². The number of aliphatic hydroxyl groups is 1. The Kier molecular flexibility index (Phi) is 4.99. The maximum Gasteiger partial charge on any atom is 0.222 e. The molecule has 4 rings (SSSR count). The van der Waals surface area contributed by atoms with E-state index in [1.807, 2.05) is 18.1 Å². The minimum atomic E-state index is -0.591. The van der Waals surface area contributed by atoms with Gasteiger partial charge in [-0.2, -0.15) is 5.10 Å². The molecule has 0 aromatic carbocycles. The molecule has 1 saturated heterocycles. The second-order valence-electron chi connectivity index (χ2n) is 7.82. The Morgan fingerprint density at radius 3 is 2.93 bits per heavy atom. The largest absolute Gasteiger partial charge is 0.483 e. The number of ether oxygens (including phenoxy) is 1. The smallest absolute Gasteiger partial charge is 0.222 e. The summed E-state index contributed by atoms with van der Waals surface area (Å²) in [5.41, 5.74) is 1.58. The monoisotopic (exact) mass is 389 g/mol. The van der Waals surface area contributed by atoms with E-state index in [1.54, 1.807) is 16.0 Å². The van der Waals surface area contributed by atoms with Gasteiger partial charge in [-0.25, -0.2) is 0 Å². The number of amides is 1. The van der Waals surface area contributed by atoms with Crippen molar-refractivity contribution in [3.05, 3.63) is 33.8 Å². The molecule has 1 amide bonds. The van der Waals surface area contributed by atoms with Crippen LogP contribution in [0.1, 0.15) is 54.3 Å². The van der Waals surface area contributed by atoms with Crippen LogP contribution in [0.2, 0.25) is 0 Å². The number of aryl methyl sites for hydroxylation is 3. The van der Waals surface area contributed by atoms with Crippen molar-refractivity contribution >= 4 is 17.2 Å². The zero-order valence-corrected chi connectivity index (χ0v) is 16.8. The Morgan fingerprint density at radius 2 is 2.22 bits per heavy atom. The molecule has 1 atom stereocenters. The molecule has 0 aliphatic carbocycles. The molecule has 0 bridgehead atoms. The van der Waals surface area contributed by atoms with Gasteiger partial charge in [-0.1, -0.05) is 0 Å². The highest BCUT2D eigenvalue weighted by Crippen LogP contribution is 2.43. The fourth-order valence-electron chi connectivity index (χ4n) is 4.21. The van der Waals surface area contributed by atoms with Crippen molar-refractivity contribution in [2.24, 2.45) is 7.05 Å². The predicted octanol–water partition coefficient (Wildman–Crippen LogP) is 2.99. The molecule has 4 heterocycles. The number of carbonyl (C=O) groups excluding carboxylic acids is 1. The summed E-state index contributed by atoms with van der Waals surface area (Å²) in [5.74, 6) is 0.917. The van der Waals surface area contributed by atoms with Gasteiger partial charge in [0.15, 0.2) is 5.75 Å². The SMILES string of the molecule is Cc1ccsc1CCCC(=O)N1CCC2(CC1)CC(O)c1nn(C)cc1O2. The molecule has 2 aliphatic heterocycles. The Labute approximate surface area is 163 Å². The molecule has 7 heteroatoms. The zero-order valence-electron chi connectivity index (χ0n) is 16.0. The second kappa shape index (κ2) is 7.28. The molecule has 2 aromatic heterocycles. The lowest BCUT2D eigenvalue weighted by Gasteiger charge is -2.44. The van der Waals surface area contributed by atoms with Crippen LogP contribution in [0, 0.1) is 6.92 Å². The van der Waals surface area contributed by atoms with Crippen LogP contribution in [0.5, 0.6) is 5.75 Å². The molecular formula is C20H27N3O3S. The molecule has 1 fully saturated rings. The maximum absolute atomic E-state index is 12.6. The number of hydrogen-bond donors (Lipinski definition) is 1. The number of likely N-dealkylation sites (tertiary alicyclic amines) is 1. The summed E-state index contributed by atoms with van der Waals surface area (Å²) < 4.78 is 7.92. The first-order valence-electron chi connectivity index (χ1n) is 9.67. The average Bonchev–Trinajstić information content (AvgIpc) is 3.20. The van der Waals surface area contributed by atoms with Crippen LogP contribution < -0.4 is 4.74 Å². The van der Waals surface area contributed by atoms with E-state index in [0.29, 0.717) is 37.4 Å². The number of aromatic nitrogens is 2. The van der Waals surface area contributed by atoms with Gasteiger partial charge >= 0.3 is 0 Å². The van der Waals surface area contributed by atoms with E-state index in [4.69, 9.17) is 4.74 Å². The highest BCUT2D eigenvalue weighted by molar-refractivity contribution is 7.10. The number of fused-ring (bicyclic) bond motifs is 1. The summed E-state index contributed by atoms with van der Waals surface area (Å²) in [5, 5.41) is 16.9. The van der Waals surface area contributed by atoms with Gasteiger partial charge in [0.25, 0.3) is 0 Å². The summed E-state index contributed by atoms with van der Waals surface area (Å²) in [6.45, 7) is 3.52. The van der Waals surface area contributed by atoms with Gasteiger partial charge < -0.3 is 14.7 Å². The fourth-order valence-corrected chi connectivity index (χ4v) is 5.16. The maximum atomic E-state index is 12.6. The third-order valence-corrected chi connectivity index (χ3v) is 6.90. The zero-order chi connectivity index (χ0) is 19.0. The Balaban J connectivity index is 1.30. The van der Waals surface area contributed by atoms with Gasteiger partial charge in [0.2, 0.25) is 5.91 Å². The van der Waals surface area contributed by atoms with Crippen molar-refractivity contribution < 1.29 is 14.6 Å². The van der Waals surface area contributed by atoms with E-state index >= 15 is 0 Å². The predicted molar refractivity (Wildman–Crippen MR) is 104 cm³/mol. The van der Waals surface area contributed by atoms with Gasteiger partial charge in [-0.3, -0.25) is 9.48 Å². The highest BCUT2D eigenvalue weighted by Gasteiger charge is 2.44. The van der Waals surface area contributed by atoms with Gasteiger partial charge in [0.1, 0.15) is 17.4 Å². The number of hydrogen-bond acceptors (Lipinski definition) is 5. The normalized spacial score (nSPS) is 21.1. The summed E-state index contributed by atoms with van der Waals surface area (Å²) >= 11 is 1.78. The Hall–Kier alpha value is -1.86. The van der Waals surface area contributed by atoms with E-state index < -0.39 is 6.10 Å². The number of carbonyl (C=O) groups is 1. The molecule has 1 spiro atoms. The lowest BCUT2D eigenvalue weighted by Crippen LogP contribution is -2.51. The topological polar surface area (TPSA) is 67.6 Å². The van der Waals surface area contributed by atoms with Crippen LogP contribution in [0.25, 0.3) is 0 Å². The van der Waals surface area contributed by atoms with Crippen molar-refractivity contribution in [3.63, 3.8) is 0 Å². The minimum Gasteiger partial charge on any atom is -0.483 e. The van der Waals surface area contributed by atoms with E-state index in [9.17, 15) is 9.90 Å². The lowest BCUT2D eigenvalue weighted by molar-refractivity contribution is -0.136. The molecule has 2 aromatic rings. The molecule has 6 nitrogen and oxygen atoms in total. The van der Waals surface area contributed by atoms with Crippen LogP contribution in [-0.2, 0) is 18.3 Å². The summed E-state index contributed by atoms with van der Waals surface area (Å²) in [6.07, 6.45) is 5.77. The molecular weight excluding hydrogens is 362 g/mol. The molecule has 0 saturated carbocycles. The lowest BCUT2D eigenvalue weighted by atomic mass is 9.83. The number of aliphatic hydroxyl groups excluding tert-OH is 1. The van der Waals surface area contributed by atoms with Crippen molar-refractivity contribution in [1.29, 1.82) is 0 Å². The van der Waals surface area contributed by atoms with Gasteiger partial charge in [-0.05, 0) is 36.8 Å². The highest BCUT2D eigenvalue weighted by atomic mass is 32.1. The molecule has 0 radical (unpaired) electrons. The first kappa shape index (κ1) is 18.5. The fraction of sp³-hybridized carbons (Fsp3) is 0.600. The third kappa shape index (κ3) is 3.75. The van der Waals surface area contributed by atoms with Crippen LogP contribution in [0.4, 0.5) is 0 Å². The number of thiophene rings is 1. The van der Waals surface area contributed by atoms with E-state index in [-0.39, 0.29) is 11.5 Å². The molecule has 1 N–H and O–H groups in total. The third-order valence-electron chi connectivity index (χ3n) is 5.82. The number of rotatable bonds is 4.